The zero-order chi connectivity index (χ0) is 14.1. The van der Waals surface area contributed by atoms with E-state index in [1.54, 1.807) is 0 Å². The number of thioether (sulfide) groups is 1. The van der Waals surface area contributed by atoms with Gasteiger partial charge in [-0.2, -0.15) is 0 Å². The molecule has 2 aromatic rings. The number of hydrogen-bond acceptors (Lipinski definition) is 1. The highest BCUT2D eigenvalue weighted by atomic mass is 79.9. The Balaban J connectivity index is 2.04. The molecule has 0 bridgehead atoms. The molecule has 0 atom stereocenters. The third-order valence-electron chi connectivity index (χ3n) is 3.72. The average Bonchev–Trinajstić information content (AvgIpc) is 2.46. The minimum absolute atomic E-state index is 1.14. The number of aryl methyl sites for hydroxylation is 2. The fourth-order valence-corrected chi connectivity index (χ4v) is 4.20. The Morgan fingerprint density at radius 1 is 1.10 bits per heavy atom. The number of hydrogen-bond donors (Lipinski definition) is 0. The van der Waals surface area contributed by atoms with Gasteiger partial charge in [0.05, 0.1) is 0 Å². The molecule has 3 rings (SSSR count). The van der Waals surface area contributed by atoms with Gasteiger partial charge in [0.2, 0.25) is 0 Å². The summed E-state index contributed by atoms with van der Waals surface area (Å²) < 4.78 is 1.25. The van der Waals surface area contributed by atoms with Crippen molar-refractivity contribution in [1.29, 1.82) is 0 Å². The van der Waals surface area contributed by atoms with Crippen LogP contribution in [-0.2, 0) is 6.42 Å². The molecular weight excluding hydrogens is 328 g/mol. The lowest BCUT2D eigenvalue weighted by atomic mass is 9.91. The van der Waals surface area contributed by atoms with Gasteiger partial charge in [-0.3, -0.25) is 0 Å². The second kappa shape index (κ2) is 5.79. The molecule has 0 spiro atoms. The lowest BCUT2D eigenvalue weighted by molar-refractivity contribution is 0.972. The van der Waals surface area contributed by atoms with Crippen molar-refractivity contribution in [2.75, 3.05) is 0 Å². The van der Waals surface area contributed by atoms with E-state index in [9.17, 15) is 0 Å². The van der Waals surface area contributed by atoms with Gasteiger partial charge >= 0.3 is 0 Å². The van der Waals surface area contributed by atoms with E-state index in [1.165, 1.54) is 36.5 Å². The Bertz CT molecular complexity index is 672. The molecule has 102 valence electrons. The van der Waals surface area contributed by atoms with Crippen LogP contribution in [0.25, 0.3) is 4.91 Å². The number of benzene rings is 2. The van der Waals surface area contributed by atoms with E-state index >= 15 is 0 Å². The predicted octanol–water partition coefficient (Wildman–Crippen LogP) is 6.15. The van der Waals surface area contributed by atoms with E-state index in [0.717, 1.165) is 12.8 Å². The molecule has 1 aliphatic carbocycles. The first-order valence-corrected chi connectivity index (χ1v) is 8.50. The summed E-state index contributed by atoms with van der Waals surface area (Å²) in [6.45, 7) is 4.40. The van der Waals surface area contributed by atoms with Gasteiger partial charge in [0.15, 0.2) is 0 Å². The Hall–Kier alpha value is -0.990. The average molecular weight is 345 g/mol. The molecule has 0 saturated carbocycles. The highest BCUT2D eigenvalue weighted by Crippen LogP contribution is 2.43. The van der Waals surface area contributed by atoms with Crippen molar-refractivity contribution in [3.05, 3.63) is 69.2 Å². The van der Waals surface area contributed by atoms with Crippen LogP contribution in [0.1, 0.15) is 28.7 Å². The van der Waals surface area contributed by atoms with Crippen molar-refractivity contribution in [3.63, 3.8) is 0 Å². The summed E-state index contributed by atoms with van der Waals surface area (Å²) >= 11 is 5.61. The van der Waals surface area contributed by atoms with Gasteiger partial charge in [-0.05, 0) is 61.1 Å². The molecular formula is C18H17BrS. The van der Waals surface area contributed by atoms with Gasteiger partial charge in [-0.25, -0.2) is 0 Å². The van der Waals surface area contributed by atoms with Crippen LogP contribution < -0.4 is 0 Å². The summed E-state index contributed by atoms with van der Waals surface area (Å²) in [5.41, 5.74) is 5.63. The monoisotopic (exact) mass is 344 g/mol. The third-order valence-corrected chi connectivity index (χ3v) is 6.04. The Labute approximate surface area is 133 Å². The summed E-state index contributed by atoms with van der Waals surface area (Å²) in [6, 6.07) is 13.0. The zero-order valence-electron chi connectivity index (χ0n) is 11.7. The molecule has 0 nitrogen and oxygen atoms in total. The predicted molar refractivity (Wildman–Crippen MR) is 92.2 cm³/mol. The van der Waals surface area contributed by atoms with Gasteiger partial charge in [0.1, 0.15) is 0 Å². The fourth-order valence-electron chi connectivity index (χ4n) is 2.75. The van der Waals surface area contributed by atoms with E-state index in [2.05, 4.69) is 72.3 Å². The van der Waals surface area contributed by atoms with Crippen molar-refractivity contribution in [2.45, 2.75) is 31.6 Å². The maximum Gasteiger partial charge on any atom is 0.0240 e. The summed E-state index contributed by atoms with van der Waals surface area (Å²) in [5, 5.41) is 0. The minimum atomic E-state index is 1.14. The van der Waals surface area contributed by atoms with Crippen molar-refractivity contribution in [3.8, 4) is 0 Å². The number of halogens is 1. The zero-order valence-corrected chi connectivity index (χ0v) is 14.1. The largest absolute Gasteiger partial charge is 0.0898 e. The molecule has 0 heterocycles. The number of allylic oxidation sites excluding steroid dienone is 1. The maximum atomic E-state index is 3.73. The standard InChI is InChI=1S/C18H17BrS/c1-12-11-14-7-6-10-16(17(14)13(2)18(12)19)20-15-8-4-3-5-9-15/h3-5,8-11H,6-7H2,1-2H3. The van der Waals surface area contributed by atoms with Crippen LogP contribution in [-0.4, -0.2) is 0 Å². The highest BCUT2D eigenvalue weighted by Gasteiger charge is 2.18. The van der Waals surface area contributed by atoms with Crippen molar-refractivity contribution in [2.24, 2.45) is 0 Å². The van der Waals surface area contributed by atoms with Crippen LogP contribution >= 0.6 is 27.7 Å². The highest BCUT2D eigenvalue weighted by molar-refractivity contribution is 9.10. The first-order chi connectivity index (χ1) is 9.66. The Morgan fingerprint density at radius 2 is 1.85 bits per heavy atom. The van der Waals surface area contributed by atoms with Gasteiger partial charge in [0.25, 0.3) is 0 Å². The van der Waals surface area contributed by atoms with E-state index in [-0.39, 0.29) is 0 Å². The smallest absolute Gasteiger partial charge is 0.0240 e. The molecule has 20 heavy (non-hydrogen) atoms. The van der Waals surface area contributed by atoms with Crippen molar-refractivity contribution >= 4 is 32.6 Å². The number of fused-ring (bicyclic) bond motifs is 1. The van der Waals surface area contributed by atoms with Crippen molar-refractivity contribution in [1.82, 2.24) is 0 Å². The van der Waals surface area contributed by atoms with Crippen LogP contribution in [0.15, 0.2) is 51.8 Å². The molecule has 0 aliphatic heterocycles. The van der Waals surface area contributed by atoms with Crippen LogP contribution in [0.5, 0.6) is 0 Å². The Morgan fingerprint density at radius 3 is 2.60 bits per heavy atom. The SMILES string of the molecule is Cc1cc2c(c(C)c1Br)C(Sc1ccccc1)=CCC2. The van der Waals surface area contributed by atoms with Gasteiger partial charge in [-0.15, -0.1) is 0 Å². The molecule has 0 saturated heterocycles. The summed E-state index contributed by atoms with van der Waals surface area (Å²) in [4.78, 5) is 2.71. The van der Waals surface area contributed by atoms with Crippen LogP contribution in [0.2, 0.25) is 0 Å². The normalized spacial score (nSPS) is 13.8. The van der Waals surface area contributed by atoms with Crippen LogP contribution in [0, 0.1) is 13.8 Å². The molecule has 0 unspecified atom stereocenters. The first-order valence-electron chi connectivity index (χ1n) is 6.89. The lowest BCUT2D eigenvalue weighted by Gasteiger charge is -2.22. The molecule has 0 fully saturated rings. The molecule has 0 amide bonds. The third kappa shape index (κ3) is 2.59. The molecule has 2 aromatic carbocycles. The summed E-state index contributed by atoms with van der Waals surface area (Å²) in [5.74, 6) is 0. The molecule has 1 aliphatic rings. The summed E-state index contributed by atoms with van der Waals surface area (Å²) in [7, 11) is 0. The molecule has 0 radical (unpaired) electrons. The fraction of sp³-hybridized carbons (Fsp3) is 0.222. The maximum absolute atomic E-state index is 3.73. The van der Waals surface area contributed by atoms with E-state index < -0.39 is 0 Å². The minimum Gasteiger partial charge on any atom is -0.0898 e. The van der Waals surface area contributed by atoms with E-state index in [0.29, 0.717) is 0 Å². The first kappa shape index (κ1) is 14.0. The van der Waals surface area contributed by atoms with Crippen molar-refractivity contribution < 1.29 is 0 Å². The number of rotatable bonds is 2. The quantitative estimate of drug-likeness (QED) is 0.629. The Kier molecular flexibility index (Phi) is 4.04. The van der Waals surface area contributed by atoms with Gasteiger partial charge < -0.3 is 0 Å². The van der Waals surface area contributed by atoms with Crippen LogP contribution in [0.3, 0.4) is 0 Å². The second-order valence-corrected chi connectivity index (χ2v) is 7.10. The van der Waals surface area contributed by atoms with Gasteiger partial charge in [0, 0.05) is 14.3 Å². The molecule has 2 heteroatoms. The summed E-state index contributed by atoms with van der Waals surface area (Å²) in [6.07, 6.45) is 4.68. The second-order valence-electron chi connectivity index (χ2n) is 5.19. The van der Waals surface area contributed by atoms with Crippen LogP contribution in [0.4, 0.5) is 0 Å². The lowest BCUT2D eigenvalue weighted by Crippen LogP contribution is -2.03. The topological polar surface area (TPSA) is 0 Å². The molecule has 0 aromatic heterocycles. The molecule has 0 N–H and O–H groups in total. The van der Waals surface area contributed by atoms with E-state index in [4.69, 9.17) is 0 Å². The van der Waals surface area contributed by atoms with Gasteiger partial charge in [-0.1, -0.05) is 58.0 Å². The van der Waals surface area contributed by atoms with E-state index in [1.807, 2.05) is 11.8 Å².